The molecule has 0 amide bonds. The minimum atomic E-state index is 0. The largest absolute Gasteiger partial charge is 0.412 e. The zero-order valence-corrected chi connectivity index (χ0v) is 10.6. The van der Waals surface area contributed by atoms with Crippen LogP contribution in [-0.4, -0.2) is 116 Å². The summed E-state index contributed by atoms with van der Waals surface area (Å²) in [6.45, 7) is 0. The first-order valence-electron chi connectivity index (χ1n) is 0. The van der Waals surface area contributed by atoms with E-state index in [-0.39, 0.29) is 116 Å². The summed E-state index contributed by atoms with van der Waals surface area (Å²) in [6, 6.07) is 0. The van der Waals surface area contributed by atoms with Crippen LogP contribution in [0.3, 0.4) is 0 Å². The molecule has 0 unspecified atom stereocenters. The van der Waals surface area contributed by atoms with Gasteiger partial charge >= 0.3 is 0 Å². The molecule has 0 heterocycles. The van der Waals surface area contributed by atoms with Gasteiger partial charge in [0.05, 0.1) is 0 Å². The van der Waals surface area contributed by atoms with E-state index >= 15 is 0 Å². The molecule has 0 rings (SSSR count). The molecule has 0 atom stereocenters. The fourth-order valence-electron chi connectivity index (χ4n) is 0. The van der Waals surface area contributed by atoms with Gasteiger partial charge in [0.15, 0.2) is 0 Å². The van der Waals surface area contributed by atoms with Gasteiger partial charge in [0.1, 0.15) is 0 Å². The van der Waals surface area contributed by atoms with Crippen LogP contribution in [0, 0.1) is 0 Å². The van der Waals surface area contributed by atoms with Crippen molar-refractivity contribution in [3.8, 4) is 0 Å². The van der Waals surface area contributed by atoms with E-state index in [1.54, 1.807) is 0 Å². The zero-order chi connectivity index (χ0) is 0. The maximum atomic E-state index is 0. The van der Waals surface area contributed by atoms with Crippen LogP contribution in [0.1, 0.15) is 0 Å². The van der Waals surface area contributed by atoms with Gasteiger partial charge in [-0.2, -0.15) is 0 Å². The molecule has 0 aromatic rings. The molecule has 0 bridgehead atoms. The molecule has 0 spiro atoms. The monoisotopic (exact) mass is 103 g/mol. The van der Waals surface area contributed by atoms with Crippen LogP contribution in [-0.2, 0) is 0 Å². The van der Waals surface area contributed by atoms with Crippen molar-refractivity contribution < 1.29 is 5.48 Å². The number of hydrogen-bond donors (Lipinski definition) is 0. The second-order valence-corrected chi connectivity index (χ2v) is 0. The average Bonchev–Trinajstić information content (AvgIpc) is 0. The van der Waals surface area contributed by atoms with Gasteiger partial charge in [-0.3, -0.25) is 0 Å². The summed E-state index contributed by atoms with van der Waals surface area (Å²) in [7, 11) is 0. The molecular formula is H2KNa2O. The quantitative estimate of drug-likeness (QED) is 0.319. The van der Waals surface area contributed by atoms with Crippen molar-refractivity contribution in [3.63, 3.8) is 0 Å². The van der Waals surface area contributed by atoms with Gasteiger partial charge < -0.3 is 5.48 Å². The predicted molar refractivity (Wildman–Crippen MR) is 20.9 cm³/mol. The van der Waals surface area contributed by atoms with E-state index in [0.29, 0.717) is 0 Å². The zero-order valence-electron chi connectivity index (χ0n) is 3.50. The second-order valence-electron chi connectivity index (χ2n) is 0. The molecule has 3 radical (unpaired) electrons. The minimum Gasteiger partial charge on any atom is -0.412 e. The van der Waals surface area contributed by atoms with Crippen molar-refractivity contribution in [2.24, 2.45) is 0 Å². The van der Waals surface area contributed by atoms with E-state index in [4.69, 9.17) is 0 Å². The summed E-state index contributed by atoms with van der Waals surface area (Å²) < 4.78 is 0. The second kappa shape index (κ2) is 16.0. The summed E-state index contributed by atoms with van der Waals surface area (Å²) in [4.78, 5) is 0. The Labute approximate surface area is 113 Å². The molecule has 0 aliphatic rings. The molecule has 2 N–H and O–H groups in total. The minimum absolute atomic E-state index is 0. The van der Waals surface area contributed by atoms with Crippen molar-refractivity contribution in [3.05, 3.63) is 0 Å². The van der Waals surface area contributed by atoms with Crippen molar-refractivity contribution in [1.29, 1.82) is 0 Å². The van der Waals surface area contributed by atoms with E-state index in [9.17, 15) is 0 Å². The molecule has 0 saturated heterocycles. The molecule has 11 valence electrons. The van der Waals surface area contributed by atoms with Crippen LogP contribution in [0.4, 0.5) is 0 Å². The fraction of sp³-hybridized carbons (Fsp3) is 0. The van der Waals surface area contributed by atoms with Crippen molar-refractivity contribution in [2.45, 2.75) is 0 Å². The first-order valence-corrected chi connectivity index (χ1v) is 0. The van der Waals surface area contributed by atoms with Crippen LogP contribution in [0.15, 0.2) is 0 Å². The molecule has 0 fully saturated rings. The third-order valence-corrected chi connectivity index (χ3v) is 0. The number of hydrogen-bond acceptors (Lipinski definition) is 0. The molecule has 0 saturated carbocycles. The summed E-state index contributed by atoms with van der Waals surface area (Å²) in [5, 5.41) is 0. The van der Waals surface area contributed by atoms with Crippen molar-refractivity contribution >= 4 is 110 Å². The standard InChI is InChI=1S/K.2Na.H2O/h;;;1H2. The normalized spacial score (nSPS) is 0. The van der Waals surface area contributed by atoms with Gasteiger partial charge in [0, 0.05) is 110 Å². The molecule has 1 nitrogen and oxygen atoms in total. The Morgan fingerprint density at radius 2 is 0.750 bits per heavy atom. The summed E-state index contributed by atoms with van der Waals surface area (Å²) in [6.07, 6.45) is 0. The van der Waals surface area contributed by atoms with Gasteiger partial charge in [-0.25, -0.2) is 0 Å². The molecule has 0 aromatic carbocycles. The Balaban J connectivity index is 0. The Morgan fingerprint density at radius 3 is 0.750 bits per heavy atom. The smallest absolute Gasteiger partial charge is 0 e. The third kappa shape index (κ3) is 9.14. The maximum absolute atomic E-state index is 0. The van der Waals surface area contributed by atoms with E-state index in [1.807, 2.05) is 0 Å². The third-order valence-electron chi connectivity index (χ3n) is 0. The topological polar surface area (TPSA) is 31.5 Å². The van der Waals surface area contributed by atoms with E-state index < -0.39 is 0 Å². The van der Waals surface area contributed by atoms with Crippen LogP contribution in [0.2, 0.25) is 0 Å². The van der Waals surface area contributed by atoms with Crippen LogP contribution in [0.5, 0.6) is 0 Å². The van der Waals surface area contributed by atoms with E-state index in [1.165, 1.54) is 0 Å². The molecule has 4 heavy (non-hydrogen) atoms. The Bertz CT molecular complexity index is 6.00. The van der Waals surface area contributed by atoms with Gasteiger partial charge in [-0.05, 0) is 0 Å². The summed E-state index contributed by atoms with van der Waals surface area (Å²) in [5.74, 6) is 0. The first-order chi connectivity index (χ1) is 0. The Hall–Kier alpha value is 3.60. The Morgan fingerprint density at radius 1 is 0.750 bits per heavy atom. The van der Waals surface area contributed by atoms with E-state index in [0.717, 1.165) is 0 Å². The van der Waals surface area contributed by atoms with E-state index in [2.05, 4.69) is 0 Å². The molecule has 0 aliphatic carbocycles. The van der Waals surface area contributed by atoms with Gasteiger partial charge in [-0.1, -0.05) is 0 Å². The first kappa shape index (κ1) is 25.6. The maximum Gasteiger partial charge on any atom is 0 e. The van der Waals surface area contributed by atoms with Gasteiger partial charge in [0.2, 0.25) is 0 Å². The van der Waals surface area contributed by atoms with Gasteiger partial charge in [0.25, 0.3) is 0 Å². The van der Waals surface area contributed by atoms with Crippen molar-refractivity contribution in [2.75, 3.05) is 0 Å². The molecule has 0 aliphatic heterocycles. The fourth-order valence-corrected chi connectivity index (χ4v) is 0. The summed E-state index contributed by atoms with van der Waals surface area (Å²) in [5.41, 5.74) is 0. The van der Waals surface area contributed by atoms with Gasteiger partial charge in [-0.15, -0.1) is 0 Å². The number of rotatable bonds is 0. The Kier molecular flexibility index (Phi) is 102. The SMILES string of the molecule is O.[K].[Na].[Na]. The molecule has 4 heteroatoms. The van der Waals surface area contributed by atoms with Crippen LogP contribution >= 0.6 is 0 Å². The summed E-state index contributed by atoms with van der Waals surface area (Å²) >= 11 is 0. The molecule has 0 aromatic heterocycles. The predicted octanol–water partition coefficient (Wildman–Crippen LogP) is -1.97. The average molecular weight is 103 g/mol. The van der Waals surface area contributed by atoms with Crippen LogP contribution < -0.4 is 0 Å². The van der Waals surface area contributed by atoms with Crippen LogP contribution in [0.25, 0.3) is 0 Å². The molecular weight excluding hydrogens is 101 g/mol. The van der Waals surface area contributed by atoms with Crippen molar-refractivity contribution in [1.82, 2.24) is 0 Å².